The Morgan fingerprint density at radius 3 is 0.702 bits per heavy atom. The summed E-state index contributed by atoms with van der Waals surface area (Å²) in [6, 6.07) is 53.9. The van der Waals surface area contributed by atoms with Gasteiger partial charge in [0.2, 0.25) is 73.7 Å². The summed E-state index contributed by atoms with van der Waals surface area (Å²) in [5.41, 5.74) is 7.24. The van der Waals surface area contributed by atoms with Gasteiger partial charge in [0, 0.05) is 22.7 Å². The third-order valence-corrected chi connectivity index (χ3v) is 21.4. The third kappa shape index (κ3) is 26.6. The minimum Gasteiger partial charge on any atom is -0.478 e. The van der Waals surface area contributed by atoms with Crippen molar-refractivity contribution in [2.45, 2.75) is 57.1 Å². The first-order valence-electron chi connectivity index (χ1n) is 30.1. The second-order valence-corrected chi connectivity index (χ2v) is 32.2. The van der Waals surface area contributed by atoms with Gasteiger partial charge in [-0.15, -0.1) is 0 Å². The summed E-state index contributed by atoms with van der Waals surface area (Å²) in [6.07, 6.45) is 0. The number of amides is 4. The first-order chi connectivity index (χ1) is 48.7. The second-order valence-electron chi connectivity index (χ2n) is 22.2. The van der Waals surface area contributed by atoms with Crippen LogP contribution < -0.4 is 45.3 Å². The Labute approximate surface area is 600 Å². The number of nitrogens with two attached hydrogens (primary N) is 1. The summed E-state index contributed by atoms with van der Waals surface area (Å²) >= 11 is 0. The lowest BCUT2D eigenvalue weighted by molar-refractivity contribution is -0.115. The van der Waals surface area contributed by atoms with E-state index in [9.17, 15) is 79.3 Å². The number of hydrogen-bond acceptors (Lipinski definition) is 18. The SMILES string of the molecule is Cc1ccc(-c2ccc(S(=O)(=O)NCC(=O)Nc3ccc(C(=O)O)cc3)cc2)cc1.Cc1ccc(S(=O)(=O)NCC(=O)Nc2ccc(C(=O)O)cc2)cc1.Cc1ccc(S(=O)(=O)NCC(=O)Nc2ccc(S(=O)(=O)O)cc2)cc1.Cc1ccc(S(=O)(=O)NCC(=O)Nc2ccc(S(N)(=O)=O)cc2)cc1. The smallest absolute Gasteiger partial charge is 0.335 e. The van der Waals surface area contributed by atoms with E-state index in [2.05, 4.69) is 40.2 Å². The molecule has 0 atom stereocenters. The fraction of sp³-hybridized carbons (Fsp3) is 0.118. The first kappa shape index (κ1) is 82.2. The number of rotatable bonds is 25. The van der Waals surface area contributed by atoms with Crippen LogP contribution in [0.4, 0.5) is 22.7 Å². The van der Waals surface area contributed by atoms with Crippen LogP contribution in [0.5, 0.6) is 0 Å². The molecule has 36 heteroatoms. The van der Waals surface area contributed by atoms with Gasteiger partial charge in [-0.1, -0.05) is 95.1 Å². The summed E-state index contributed by atoms with van der Waals surface area (Å²) in [5.74, 6) is -4.51. The lowest BCUT2D eigenvalue weighted by Gasteiger charge is -2.09. The molecular weight excluding hydrogens is 1470 g/mol. The number of anilines is 4. The molecule has 9 aromatic rings. The fourth-order valence-corrected chi connectivity index (χ4v) is 13.3. The van der Waals surface area contributed by atoms with Gasteiger partial charge in [0.05, 0.1) is 66.7 Å². The van der Waals surface area contributed by atoms with E-state index in [1.165, 1.54) is 133 Å². The highest BCUT2D eigenvalue weighted by molar-refractivity contribution is 7.90. The Morgan fingerprint density at radius 2 is 0.481 bits per heavy atom. The van der Waals surface area contributed by atoms with Crippen molar-refractivity contribution in [2.75, 3.05) is 47.4 Å². The van der Waals surface area contributed by atoms with E-state index in [0.29, 0.717) is 17.1 Å². The van der Waals surface area contributed by atoms with Crippen LogP contribution in [0.2, 0.25) is 0 Å². The highest BCUT2D eigenvalue weighted by atomic mass is 32.2. The Hall–Kier alpha value is -10.7. The largest absolute Gasteiger partial charge is 0.478 e. The van der Waals surface area contributed by atoms with Crippen molar-refractivity contribution in [1.82, 2.24) is 18.9 Å². The zero-order valence-corrected chi connectivity index (χ0v) is 60.2. The van der Waals surface area contributed by atoms with Crippen LogP contribution >= 0.6 is 0 Å². The van der Waals surface area contributed by atoms with Crippen molar-refractivity contribution in [1.29, 1.82) is 0 Å². The van der Waals surface area contributed by atoms with Gasteiger partial charge in [0.1, 0.15) is 0 Å². The van der Waals surface area contributed by atoms with Crippen molar-refractivity contribution in [3.63, 3.8) is 0 Å². The zero-order chi connectivity index (χ0) is 76.8. The van der Waals surface area contributed by atoms with Crippen LogP contribution in [-0.4, -0.2) is 127 Å². The van der Waals surface area contributed by atoms with Crippen molar-refractivity contribution in [2.24, 2.45) is 5.14 Å². The molecule has 104 heavy (non-hydrogen) atoms. The highest BCUT2D eigenvalue weighted by Gasteiger charge is 2.21. The number of benzene rings is 9. The van der Waals surface area contributed by atoms with E-state index in [4.69, 9.17) is 19.9 Å². The number of sulfonamides is 5. The predicted molar refractivity (Wildman–Crippen MR) is 386 cm³/mol. The molecule has 0 fully saturated rings. The van der Waals surface area contributed by atoms with E-state index in [1.807, 2.05) is 52.0 Å². The predicted octanol–water partition coefficient (Wildman–Crippen LogP) is 6.61. The molecule has 4 amide bonds. The zero-order valence-electron chi connectivity index (χ0n) is 55.3. The quantitative estimate of drug-likeness (QED) is 0.0268. The number of aryl methyl sites for hydroxylation is 4. The summed E-state index contributed by atoms with van der Waals surface area (Å²) < 4.78 is 159. The Balaban J connectivity index is 0.000000218. The normalized spacial score (nSPS) is 11.5. The minimum absolute atomic E-state index is 0.0448. The number of carbonyl (C=O) groups is 6. The minimum atomic E-state index is -4.32. The van der Waals surface area contributed by atoms with Gasteiger partial charge in [-0.25, -0.2) is 75.7 Å². The van der Waals surface area contributed by atoms with Crippen LogP contribution in [0.1, 0.15) is 43.0 Å². The lowest BCUT2D eigenvalue weighted by Crippen LogP contribution is -2.32. The van der Waals surface area contributed by atoms with Crippen molar-refractivity contribution >= 4 is 119 Å². The van der Waals surface area contributed by atoms with E-state index >= 15 is 0 Å². The molecule has 0 saturated heterocycles. The number of aromatic carboxylic acids is 2. The Morgan fingerprint density at radius 1 is 0.288 bits per heavy atom. The number of carboxylic acid groups (broad SMARTS) is 2. The second kappa shape index (κ2) is 36.4. The van der Waals surface area contributed by atoms with Gasteiger partial charge in [0.15, 0.2) is 0 Å². The molecule has 0 unspecified atom stereocenters. The van der Waals surface area contributed by atoms with Gasteiger partial charge < -0.3 is 31.5 Å². The van der Waals surface area contributed by atoms with Crippen LogP contribution in [0.3, 0.4) is 0 Å². The van der Waals surface area contributed by atoms with Crippen molar-refractivity contribution in [3.05, 3.63) is 252 Å². The third-order valence-electron chi connectivity index (χ3n) is 14.0. The molecule has 548 valence electrons. The van der Waals surface area contributed by atoms with Gasteiger partial charge >= 0.3 is 11.9 Å². The molecule has 0 aliphatic carbocycles. The van der Waals surface area contributed by atoms with Crippen LogP contribution in [0.15, 0.2) is 248 Å². The van der Waals surface area contributed by atoms with E-state index in [1.54, 1.807) is 48.5 Å². The van der Waals surface area contributed by atoms with E-state index in [-0.39, 0.29) is 46.2 Å². The van der Waals surface area contributed by atoms with E-state index < -0.39 is 122 Å². The average Bonchev–Trinajstić information content (AvgIpc) is 0.847. The Bertz CT molecular complexity index is 5100. The molecule has 0 saturated carbocycles. The number of primary sulfonamides is 1. The van der Waals surface area contributed by atoms with Crippen molar-refractivity contribution in [3.8, 4) is 11.1 Å². The van der Waals surface area contributed by atoms with Crippen LogP contribution in [-0.2, 0) is 79.4 Å². The summed E-state index contributed by atoms with van der Waals surface area (Å²) in [5, 5.41) is 32.5. The topological polar surface area (TPSA) is 490 Å². The van der Waals surface area contributed by atoms with Crippen molar-refractivity contribution < 1.29 is 94.0 Å². The maximum absolute atomic E-state index is 12.4. The maximum atomic E-state index is 12.4. The molecule has 0 radical (unpaired) electrons. The summed E-state index contributed by atoms with van der Waals surface area (Å²) in [6.45, 7) is 5.64. The molecule has 0 spiro atoms. The molecule has 9 aromatic carbocycles. The monoisotopic (exact) mass is 1540 g/mol. The molecule has 13 N–H and O–H groups in total. The average molecular weight is 1540 g/mol. The fourth-order valence-electron chi connectivity index (χ4n) is 8.35. The standard InChI is InChI=1S/C22H20N2O5S.C16H16N2O5S.C15H17N3O5S2.C15H16N2O6S2/c1-15-2-4-16(5-3-15)17-8-12-20(13-9-17)30(28,29)23-14-21(25)24-19-10-6-18(7-11-19)22(26)27;1-11-2-8-14(9-3-11)24(22,23)17-10-15(19)18-13-6-4-12(5-7-13)16(20)21;1-11-2-6-14(7-3-11)25(22,23)17-10-15(19)18-12-4-8-13(9-5-12)24(16,20)21;1-11-2-6-13(7-3-11)24(19,20)16-10-15(18)17-12-4-8-14(9-5-12)25(21,22)23/h2-13,23H,14H2,1H3,(H,24,25)(H,26,27);2-9,17H,10H2,1H3,(H,18,19)(H,20,21);2-9,17H,10H2,1H3,(H,18,19)(H2,16,20,21);2-9,16H,10H2,1H3,(H,17,18)(H,21,22,23). The highest BCUT2D eigenvalue weighted by Crippen LogP contribution is 2.23. The maximum Gasteiger partial charge on any atom is 0.335 e. The molecule has 30 nitrogen and oxygen atoms in total. The summed E-state index contributed by atoms with van der Waals surface area (Å²) in [7, 11) is -23.4. The van der Waals surface area contributed by atoms with Gasteiger partial charge in [0.25, 0.3) is 10.1 Å². The van der Waals surface area contributed by atoms with E-state index in [0.717, 1.165) is 45.5 Å². The number of carbonyl (C=O) groups excluding carboxylic acids is 4. The lowest BCUT2D eigenvalue weighted by atomic mass is 10.0. The molecule has 0 aromatic heterocycles. The van der Waals surface area contributed by atoms with Gasteiger partial charge in [-0.05, 0) is 184 Å². The molecule has 0 aliphatic rings. The number of carboxylic acids is 2. The molecular formula is C68H69N9O21S6. The molecule has 0 aliphatic heterocycles. The Kier molecular flexibility index (Phi) is 28.8. The summed E-state index contributed by atoms with van der Waals surface area (Å²) in [4.78, 5) is 68.9. The first-order valence-corrected chi connectivity index (χ1v) is 39.0. The van der Waals surface area contributed by atoms with Crippen LogP contribution in [0, 0.1) is 27.7 Å². The molecule has 9 rings (SSSR count). The van der Waals surface area contributed by atoms with Gasteiger partial charge in [-0.3, -0.25) is 23.7 Å². The molecule has 0 heterocycles. The van der Waals surface area contributed by atoms with Crippen LogP contribution in [0.25, 0.3) is 11.1 Å². The number of nitrogens with one attached hydrogen (secondary N) is 8. The molecule has 0 bridgehead atoms. The van der Waals surface area contributed by atoms with Gasteiger partial charge in [-0.2, -0.15) is 8.42 Å². The number of hydrogen-bond donors (Lipinski definition) is 12.